The molecule has 4 nitrogen and oxygen atoms in total. The van der Waals surface area contributed by atoms with Crippen LogP contribution in [-0.2, 0) is 4.79 Å². The Morgan fingerprint density at radius 3 is 2.65 bits per heavy atom. The summed E-state index contributed by atoms with van der Waals surface area (Å²) in [6.45, 7) is 4.21. The van der Waals surface area contributed by atoms with Crippen molar-refractivity contribution in [2.45, 2.75) is 51.2 Å². The summed E-state index contributed by atoms with van der Waals surface area (Å²) < 4.78 is 0. The first-order chi connectivity index (χ1) is 8.20. The average molecular weight is 240 g/mol. The first-order valence-electron chi connectivity index (χ1n) is 6.89. The van der Waals surface area contributed by atoms with E-state index in [0.29, 0.717) is 19.1 Å². The molecule has 0 aliphatic heterocycles. The van der Waals surface area contributed by atoms with Crippen LogP contribution in [0.5, 0.6) is 0 Å². The van der Waals surface area contributed by atoms with Crippen LogP contribution in [0.4, 0.5) is 0 Å². The normalized spacial score (nSPS) is 28.6. The number of hydrogen-bond donors (Lipinski definition) is 2. The SMILES string of the molecule is CCN(CC(=O)NCC1CCCC1O)C1CC1. The van der Waals surface area contributed by atoms with Gasteiger partial charge in [0.15, 0.2) is 0 Å². The van der Waals surface area contributed by atoms with Gasteiger partial charge in [-0.15, -0.1) is 0 Å². The standard InChI is InChI=1S/C13H24N2O2/c1-2-15(11-6-7-11)9-13(17)14-8-10-4-3-5-12(10)16/h10-12,16H,2-9H2,1H3,(H,14,17). The third kappa shape index (κ3) is 3.68. The van der Waals surface area contributed by atoms with E-state index < -0.39 is 0 Å². The summed E-state index contributed by atoms with van der Waals surface area (Å²) in [4.78, 5) is 14.0. The Morgan fingerprint density at radius 1 is 1.35 bits per heavy atom. The van der Waals surface area contributed by atoms with E-state index in [1.165, 1.54) is 12.8 Å². The molecule has 0 aromatic heterocycles. The fraction of sp³-hybridized carbons (Fsp3) is 0.923. The van der Waals surface area contributed by atoms with Crippen molar-refractivity contribution in [3.8, 4) is 0 Å². The lowest BCUT2D eigenvalue weighted by Gasteiger charge is -2.20. The lowest BCUT2D eigenvalue weighted by atomic mass is 10.1. The zero-order chi connectivity index (χ0) is 12.3. The van der Waals surface area contributed by atoms with Crippen LogP contribution >= 0.6 is 0 Å². The molecule has 2 saturated carbocycles. The molecule has 98 valence electrons. The molecule has 0 aromatic rings. The van der Waals surface area contributed by atoms with Crippen molar-refractivity contribution in [1.82, 2.24) is 10.2 Å². The second-order valence-electron chi connectivity index (χ2n) is 5.36. The smallest absolute Gasteiger partial charge is 0.234 e. The molecule has 0 spiro atoms. The van der Waals surface area contributed by atoms with Crippen LogP contribution in [0.15, 0.2) is 0 Å². The predicted molar refractivity (Wildman–Crippen MR) is 66.6 cm³/mol. The summed E-state index contributed by atoms with van der Waals surface area (Å²) in [5.74, 6) is 0.382. The minimum atomic E-state index is -0.207. The number of hydrogen-bond acceptors (Lipinski definition) is 3. The first-order valence-corrected chi connectivity index (χ1v) is 6.89. The molecule has 0 heterocycles. The highest BCUT2D eigenvalue weighted by Crippen LogP contribution is 2.26. The fourth-order valence-corrected chi connectivity index (χ4v) is 2.68. The number of aliphatic hydroxyl groups excluding tert-OH is 1. The number of nitrogens with zero attached hydrogens (tertiary/aromatic N) is 1. The molecule has 2 aliphatic rings. The highest BCUT2D eigenvalue weighted by atomic mass is 16.3. The van der Waals surface area contributed by atoms with Gasteiger partial charge < -0.3 is 10.4 Å². The zero-order valence-corrected chi connectivity index (χ0v) is 10.7. The number of nitrogens with one attached hydrogen (secondary N) is 1. The predicted octanol–water partition coefficient (Wildman–Crippen LogP) is 0.748. The Morgan fingerprint density at radius 2 is 2.12 bits per heavy atom. The molecule has 1 amide bonds. The van der Waals surface area contributed by atoms with E-state index in [1.807, 2.05) is 0 Å². The molecule has 0 aromatic carbocycles. The molecule has 2 atom stereocenters. The van der Waals surface area contributed by atoms with E-state index in [0.717, 1.165) is 25.8 Å². The average Bonchev–Trinajstić information content (AvgIpc) is 3.07. The van der Waals surface area contributed by atoms with E-state index in [1.54, 1.807) is 0 Å². The molecular weight excluding hydrogens is 216 g/mol. The van der Waals surface area contributed by atoms with E-state index >= 15 is 0 Å². The monoisotopic (exact) mass is 240 g/mol. The van der Waals surface area contributed by atoms with Crippen LogP contribution < -0.4 is 5.32 Å². The van der Waals surface area contributed by atoms with E-state index in [9.17, 15) is 9.90 Å². The van der Waals surface area contributed by atoms with Gasteiger partial charge in [0.25, 0.3) is 0 Å². The van der Waals surface area contributed by atoms with Gasteiger partial charge in [-0.05, 0) is 32.2 Å². The zero-order valence-electron chi connectivity index (χ0n) is 10.7. The van der Waals surface area contributed by atoms with Gasteiger partial charge in [-0.1, -0.05) is 13.3 Å². The minimum absolute atomic E-state index is 0.109. The minimum Gasteiger partial charge on any atom is -0.393 e. The summed E-state index contributed by atoms with van der Waals surface area (Å²) in [6.07, 6.45) is 5.29. The van der Waals surface area contributed by atoms with Crippen LogP contribution in [0, 0.1) is 5.92 Å². The Hall–Kier alpha value is -0.610. The second-order valence-corrected chi connectivity index (χ2v) is 5.36. The summed E-state index contributed by atoms with van der Waals surface area (Å²) >= 11 is 0. The van der Waals surface area contributed by atoms with Crippen molar-refractivity contribution in [1.29, 1.82) is 0 Å². The fourth-order valence-electron chi connectivity index (χ4n) is 2.68. The van der Waals surface area contributed by atoms with Crippen LogP contribution in [0.1, 0.15) is 39.0 Å². The molecule has 2 aliphatic carbocycles. The second kappa shape index (κ2) is 5.83. The number of aliphatic hydroxyl groups is 1. The molecule has 0 bridgehead atoms. The van der Waals surface area contributed by atoms with Gasteiger partial charge in [-0.25, -0.2) is 0 Å². The lowest BCUT2D eigenvalue weighted by molar-refractivity contribution is -0.122. The van der Waals surface area contributed by atoms with Gasteiger partial charge in [0.05, 0.1) is 12.6 Å². The number of amides is 1. The van der Waals surface area contributed by atoms with Gasteiger partial charge in [0.1, 0.15) is 0 Å². The Balaban J connectivity index is 1.66. The van der Waals surface area contributed by atoms with Crippen LogP contribution in [0.2, 0.25) is 0 Å². The van der Waals surface area contributed by atoms with Gasteiger partial charge >= 0.3 is 0 Å². The molecule has 2 fully saturated rings. The maximum Gasteiger partial charge on any atom is 0.234 e. The van der Waals surface area contributed by atoms with Crippen molar-refractivity contribution in [2.75, 3.05) is 19.6 Å². The van der Waals surface area contributed by atoms with Crippen LogP contribution in [-0.4, -0.2) is 47.7 Å². The van der Waals surface area contributed by atoms with Crippen molar-refractivity contribution in [2.24, 2.45) is 5.92 Å². The number of carbonyl (C=O) groups excluding carboxylic acids is 1. The third-order valence-electron chi connectivity index (χ3n) is 4.00. The summed E-state index contributed by atoms with van der Waals surface area (Å²) in [6, 6.07) is 0.642. The Bertz CT molecular complexity index is 266. The highest BCUT2D eigenvalue weighted by molar-refractivity contribution is 5.78. The molecule has 2 unspecified atom stereocenters. The van der Waals surface area contributed by atoms with E-state index in [2.05, 4.69) is 17.1 Å². The molecule has 0 saturated heterocycles. The van der Waals surface area contributed by atoms with Crippen molar-refractivity contribution < 1.29 is 9.90 Å². The maximum absolute atomic E-state index is 11.8. The molecule has 0 radical (unpaired) electrons. The maximum atomic E-state index is 11.8. The number of carbonyl (C=O) groups is 1. The quantitative estimate of drug-likeness (QED) is 0.720. The van der Waals surface area contributed by atoms with Crippen molar-refractivity contribution >= 4 is 5.91 Å². The summed E-state index contributed by atoms with van der Waals surface area (Å²) in [7, 11) is 0. The molecule has 17 heavy (non-hydrogen) atoms. The van der Waals surface area contributed by atoms with Crippen LogP contribution in [0.25, 0.3) is 0 Å². The van der Waals surface area contributed by atoms with Gasteiger partial charge in [-0.3, -0.25) is 9.69 Å². The Labute approximate surface area is 103 Å². The molecule has 2 N–H and O–H groups in total. The Kier molecular flexibility index (Phi) is 4.40. The largest absolute Gasteiger partial charge is 0.393 e. The van der Waals surface area contributed by atoms with Crippen LogP contribution in [0.3, 0.4) is 0 Å². The molecule has 4 heteroatoms. The summed E-state index contributed by atoms with van der Waals surface area (Å²) in [5, 5.41) is 12.6. The van der Waals surface area contributed by atoms with Crippen molar-refractivity contribution in [3.05, 3.63) is 0 Å². The number of likely N-dealkylation sites (N-methyl/N-ethyl adjacent to an activating group) is 1. The third-order valence-corrected chi connectivity index (χ3v) is 4.00. The van der Waals surface area contributed by atoms with Gasteiger partial charge in [0.2, 0.25) is 5.91 Å². The lowest BCUT2D eigenvalue weighted by Crippen LogP contribution is -2.40. The highest BCUT2D eigenvalue weighted by Gasteiger charge is 2.29. The number of rotatable bonds is 6. The van der Waals surface area contributed by atoms with E-state index in [-0.39, 0.29) is 17.9 Å². The topological polar surface area (TPSA) is 52.6 Å². The molecule has 2 rings (SSSR count). The molecular formula is C13H24N2O2. The first kappa shape index (κ1) is 12.8. The summed E-state index contributed by atoms with van der Waals surface area (Å²) in [5.41, 5.74) is 0. The van der Waals surface area contributed by atoms with E-state index in [4.69, 9.17) is 0 Å². The van der Waals surface area contributed by atoms with Gasteiger partial charge in [0, 0.05) is 18.5 Å². The van der Waals surface area contributed by atoms with Gasteiger partial charge in [-0.2, -0.15) is 0 Å². The van der Waals surface area contributed by atoms with Crippen molar-refractivity contribution in [3.63, 3.8) is 0 Å².